The van der Waals surface area contributed by atoms with Gasteiger partial charge in [-0.05, 0) is 47.0 Å². The Labute approximate surface area is 138 Å². The zero-order valence-electron chi connectivity index (χ0n) is 12.9. The monoisotopic (exact) mass is 338 g/mol. The second-order valence-electron chi connectivity index (χ2n) is 5.04. The SMILES string of the molecule is COc1cc(C(C)NC(=O)NCC(O)c2ccsc2)ccc1F. The maximum absolute atomic E-state index is 13.4. The molecule has 3 N–H and O–H groups in total. The van der Waals surface area contributed by atoms with Gasteiger partial charge in [0.2, 0.25) is 0 Å². The summed E-state index contributed by atoms with van der Waals surface area (Å²) in [5, 5.41) is 19.0. The van der Waals surface area contributed by atoms with Gasteiger partial charge < -0.3 is 20.5 Å². The van der Waals surface area contributed by atoms with Crippen LogP contribution in [-0.4, -0.2) is 24.8 Å². The van der Waals surface area contributed by atoms with Crippen LogP contribution in [0.1, 0.15) is 30.2 Å². The van der Waals surface area contributed by atoms with Crippen LogP contribution in [0, 0.1) is 5.82 Å². The number of ether oxygens (including phenoxy) is 1. The van der Waals surface area contributed by atoms with E-state index in [0.29, 0.717) is 0 Å². The molecule has 0 radical (unpaired) electrons. The molecule has 124 valence electrons. The Bertz CT molecular complexity index is 649. The molecule has 1 aromatic heterocycles. The molecule has 0 aliphatic rings. The van der Waals surface area contributed by atoms with Crippen molar-refractivity contribution in [2.24, 2.45) is 0 Å². The second-order valence-corrected chi connectivity index (χ2v) is 5.82. The van der Waals surface area contributed by atoms with Gasteiger partial charge in [0.1, 0.15) is 0 Å². The first-order chi connectivity index (χ1) is 11.0. The molecule has 2 aromatic rings. The Kier molecular flexibility index (Phi) is 5.95. The minimum absolute atomic E-state index is 0.113. The highest BCUT2D eigenvalue weighted by Crippen LogP contribution is 2.22. The summed E-state index contributed by atoms with van der Waals surface area (Å²) >= 11 is 1.48. The predicted octanol–water partition coefficient (Wildman–Crippen LogP) is 2.99. The van der Waals surface area contributed by atoms with Crippen molar-refractivity contribution in [1.82, 2.24) is 10.6 Å². The number of carbonyl (C=O) groups is 1. The number of benzene rings is 1. The number of carbonyl (C=O) groups excluding carboxylic acids is 1. The van der Waals surface area contributed by atoms with Gasteiger partial charge in [-0.15, -0.1) is 0 Å². The first-order valence-corrected chi connectivity index (χ1v) is 8.03. The Morgan fingerprint density at radius 3 is 2.83 bits per heavy atom. The van der Waals surface area contributed by atoms with E-state index in [4.69, 9.17) is 4.74 Å². The molecule has 0 saturated heterocycles. The van der Waals surface area contributed by atoms with Gasteiger partial charge in [0.25, 0.3) is 0 Å². The maximum atomic E-state index is 13.4. The van der Waals surface area contributed by atoms with Gasteiger partial charge in [0.15, 0.2) is 11.6 Å². The van der Waals surface area contributed by atoms with Gasteiger partial charge in [-0.25, -0.2) is 9.18 Å². The number of thiophene rings is 1. The van der Waals surface area contributed by atoms with E-state index in [0.717, 1.165) is 11.1 Å². The van der Waals surface area contributed by atoms with Crippen LogP contribution >= 0.6 is 11.3 Å². The summed E-state index contributed by atoms with van der Waals surface area (Å²) in [6.45, 7) is 1.89. The number of methoxy groups -OCH3 is 1. The maximum Gasteiger partial charge on any atom is 0.315 e. The molecule has 2 rings (SSSR count). The van der Waals surface area contributed by atoms with Crippen molar-refractivity contribution >= 4 is 17.4 Å². The zero-order valence-corrected chi connectivity index (χ0v) is 13.7. The smallest absolute Gasteiger partial charge is 0.315 e. The molecular formula is C16H19FN2O3S. The highest BCUT2D eigenvalue weighted by molar-refractivity contribution is 7.07. The predicted molar refractivity (Wildman–Crippen MR) is 87.2 cm³/mol. The number of hydrogen-bond donors (Lipinski definition) is 3. The van der Waals surface area contributed by atoms with Crippen molar-refractivity contribution in [3.05, 3.63) is 52.0 Å². The Balaban J connectivity index is 1.87. The van der Waals surface area contributed by atoms with Crippen molar-refractivity contribution < 1.29 is 19.0 Å². The summed E-state index contributed by atoms with van der Waals surface area (Å²) in [5.41, 5.74) is 1.49. The van der Waals surface area contributed by atoms with E-state index in [9.17, 15) is 14.3 Å². The van der Waals surface area contributed by atoms with Crippen LogP contribution < -0.4 is 15.4 Å². The molecule has 1 aromatic carbocycles. The standard InChI is InChI=1S/C16H19FN2O3S/c1-10(11-3-4-13(17)15(7-11)22-2)19-16(21)18-8-14(20)12-5-6-23-9-12/h3-7,9-10,14,20H,8H2,1-2H3,(H2,18,19,21). The van der Waals surface area contributed by atoms with Gasteiger partial charge in [-0.3, -0.25) is 0 Å². The van der Waals surface area contributed by atoms with Crippen LogP contribution in [0.4, 0.5) is 9.18 Å². The quantitative estimate of drug-likeness (QED) is 0.758. The highest BCUT2D eigenvalue weighted by atomic mass is 32.1. The van der Waals surface area contributed by atoms with E-state index in [1.54, 1.807) is 19.1 Å². The number of hydrogen-bond acceptors (Lipinski definition) is 4. The van der Waals surface area contributed by atoms with Gasteiger partial charge in [-0.2, -0.15) is 11.3 Å². The van der Waals surface area contributed by atoms with Crippen molar-refractivity contribution in [3.8, 4) is 5.75 Å². The lowest BCUT2D eigenvalue weighted by molar-refractivity contribution is 0.173. The van der Waals surface area contributed by atoms with Crippen LogP contribution in [0.15, 0.2) is 35.0 Å². The molecular weight excluding hydrogens is 319 g/mol. The lowest BCUT2D eigenvalue weighted by Crippen LogP contribution is -2.39. The first-order valence-electron chi connectivity index (χ1n) is 7.09. The van der Waals surface area contributed by atoms with Crippen LogP contribution in [0.2, 0.25) is 0 Å². The third-order valence-corrected chi connectivity index (χ3v) is 4.11. The summed E-state index contributed by atoms with van der Waals surface area (Å²) < 4.78 is 18.3. The largest absolute Gasteiger partial charge is 0.494 e. The first kappa shape index (κ1) is 17.2. The van der Waals surface area contributed by atoms with E-state index in [2.05, 4.69) is 10.6 Å². The summed E-state index contributed by atoms with van der Waals surface area (Å²) in [6, 6.07) is 5.49. The van der Waals surface area contributed by atoms with E-state index < -0.39 is 18.0 Å². The minimum Gasteiger partial charge on any atom is -0.494 e. The lowest BCUT2D eigenvalue weighted by Gasteiger charge is -2.17. The molecule has 2 amide bonds. The van der Waals surface area contributed by atoms with Crippen LogP contribution in [0.3, 0.4) is 0 Å². The van der Waals surface area contributed by atoms with E-state index >= 15 is 0 Å². The molecule has 5 nitrogen and oxygen atoms in total. The Morgan fingerprint density at radius 2 is 2.17 bits per heavy atom. The van der Waals surface area contributed by atoms with Gasteiger partial charge in [0, 0.05) is 6.54 Å². The van der Waals surface area contributed by atoms with Crippen molar-refractivity contribution in [2.75, 3.05) is 13.7 Å². The van der Waals surface area contributed by atoms with Crippen LogP contribution in [-0.2, 0) is 0 Å². The third kappa shape index (κ3) is 4.67. The minimum atomic E-state index is -0.742. The number of halogens is 1. The molecule has 2 unspecified atom stereocenters. The number of aliphatic hydroxyl groups is 1. The average molecular weight is 338 g/mol. The number of rotatable bonds is 6. The fourth-order valence-electron chi connectivity index (χ4n) is 2.05. The molecule has 0 saturated carbocycles. The summed E-state index contributed by atoms with van der Waals surface area (Å²) in [6.07, 6.45) is -0.742. The lowest BCUT2D eigenvalue weighted by atomic mass is 10.1. The highest BCUT2D eigenvalue weighted by Gasteiger charge is 2.14. The normalized spacial score (nSPS) is 13.2. The Hall–Kier alpha value is -2.12. The summed E-state index contributed by atoms with van der Waals surface area (Å²) in [7, 11) is 1.39. The number of nitrogens with one attached hydrogen (secondary N) is 2. The second kappa shape index (κ2) is 7.94. The summed E-state index contributed by atoms with van der Waals surface area (Å²) in [5.74, 6) is -0.323. The molecule has 2 atom stereocenters. The van der Waals surface area contributed by atoms with E-state index in [-0.39, 0.29) is 18.3 Å². The van der Waals surface area contributed by atoms with E-state index in [1.807, 2.05) is 16.8 Å². The molecule has 0 spiro atoms. The van der Waals surface area contributed by atoms with E-state index in [1.165, 1.54) is 24.5 Å². The molecule has 1 heterocycles. The van der Waals surface area contributed by atoms with Crippen LogP contribution in [0.5, 0.6) is 5.75 Å². The summed E-state index contributed by atoms with van der Waals surface area (Å²) in [4.78, 5) is 11.9. The van der Waals surface area contributed by atoms with Gasteiger partial charge >= 0.3 is 6.03 Å². The van der Waals surface area contributed by atoms with Crippen molar-refractivity contribution in [1.29, 1.82) is 0 Å². The van der Waals surface area contributed by atoms with Crippen LogP contribution in [0.25, 0.3) is 0 Å². The molecule has 0 aliphatic heterocycles. The third-order valence-electron chi connectivity index (χ3n) is 3.41. The topological polar surface area (TPSA) is 70.6 Å². The molecule has 7 heteroatoms. The number of aliphatic hydroxyl groups excluding tert-OH is 1. The average Bonchev–Trinajstić information content (AvgIpc) is 3.07. The van der Waals surface area contributed by atoms with Crippen molar-refractivity contribution in [2.45, 2.75) is 19.1 Å². The fraction of sp³-hybridized carbons (Fsp3) is 0.312. The Morgan fingerprint density at radius 1 is 1.39 bits per heavy atom. The molecule has 0 bridgehead atoms. The zero-order chi connectivity index (χ0) is 16.8. The fourth-order valence-corrected chi connectivity index (χ4v) is 2.76. The molecule has 23 heavy (non-hydrogen) atoms. The van der Waals surface area contributed by atoms with Crippen molar-refractivity contribution in [3.63, 3.8) is 0 Å². The van der Waals surface area contributed by atoms with Gasteiger partial charge in [-0.1, -0.05) is 6.07 Å². The number of urea groups is 1. The van der Waals surface area contributed by atoms with Gasteiger partial charge in [0.05, 0.1) is 19.3 Å². The molecule has 0 fully saturated rings. The number of amides is 2. The molecule has 0 aliphatic carbocycles.